The molecule has 0 aliphatic heterocycles. The second-order valence-corrected chi connectivity index (χ2v) is 5.70. The normalized spacial score (nSPS) is 23.1. The van der Waals surface area contributed by atoms with E-state index >= 15 is 0 Å². The molecule has 1 aromatic rings. The van der Waals surface area contributed by atoms with E-state index in [1.54, 1.807) is 6.07 Å². The van der Waals surface area contributed by atoms with Crippen molar-refractivity contribution in [3.8, 4) is 0 Å². The van der Waals surface area contributed by atoms with Gasteiger partial charge in [0.2, 0.25) is 0 Å². The van der Waals surface area contributed by atoms with Gasteiger partial charge in [0.1, 0.15) is 0 Å². The third kappa shape index (κ3) is 3.37. The van der Waals surface area contributed by atoms with E-state index in [1.807, 2.05) is 6.92 Å². The number of nitrogens with one attached hydrogen (secondary N) is 1. The summed E-state index contributed by atoms with van der Waals surface area (Å²) in [6.07, 6.45) is 2.62. The number of aliphatic carboxylic acids is 1. The summed E-state index contributed by atoms with van der Waals surface area (Å²) < 4.78 is 5.82. The molecule has 0 atom stereocenters. The Kier molecular flexibility index (Phi) is 4.29. The molecule has 1 amide bonds. The molecule has 1 aromatic heterocycles. The fourth-order valence-corrected chi connectivity index (χ4v) is 2.91. The molecule has 0 aromatic carbocycles. The van der Waals surface area contributed by atoms with Crippen LogP contribution in [0.5, 0.6) is 0 Å². The number of carboxylic acids is 1. The van der Waals surface area contributed by atoms with Crippen molar-refractivity contribution >= 4 is 27.8 Å². The second-order valence-electron chi connectivity index (χ2n) is 4.92. The highest BCUT2D eigenvalue weighted by molar-refractivity contribution is 9.10. The van der Waals surface area contributed by atoms with Crippen LogP contribution < -0.4 is 5.32 Å². The highest BCUT2D eigenvalue weighted by Crippen LogP contribution is 2.25. The Bertz CT molecular complexity index is 489. The van der Waals surface area contributed by atoms with Crippen LogP contribution >= 0.6 is 15.9 Å². The lowest BCUT2D eigenvalue weighted by Gasteiger charge is -2.26. The fourth-order valence-electron chi connectivity index (χ4n) is 2.40. The Morgan fingerprint density at radius 3 is 2.47 bits per heavy atom. The van der Waals surface area contributed by atoms with Gasteiger partial charge in [-0.2, -0.15) is 0 Å². The molecule has 19 heavy (non-hydrogen) atoms. The lowest BCUT2D eigenvalue weighted by molar-refractivity contribution is -0.142. The van der Waals surface area contributed by atoms with Crippen LogP contribution in [-0.4, -0.2) is 23.0 Å². The third-order valence-corrected chi connectivity index (χ3v) is 3.90. The third-order valence-electron chi connectivity index (χ3n) is 3.51. The maximum atomic E-state index is 12.0. The van der Waals surface area contributed by atoms with E-state index < -0.39 is 5.97 Å². The van der Waals surface area contributed by atoms with Crippen molar-refractivity contribution in [3.05, 3.63) is 22.1 Å². The largest absolute Gasteiger partial charge is 0.481 e. The summed E-state index contributed by atoms with van der Waals surface area (Å²) in [5.74, 6) is -0.933. The average molecular weight is 330 g/mol. The Morgan fingerprint density at radius 1 is 1.37 bits per heavy atom. The van der Waals surface area contributed by atoms with Crippen LogP contribution in [0.15, 0.2) is 15.2 Å². The number of rotatable bonds is 3. The molecular weight excluding hydrogens is 314 g/mol. The highest BCUT2D eigenvalue weighted by atomic mass is 79.9. The first-order valence-electron chi connectivity index (χ1n) is 6.27. The molecule has 1 aliphatic carbocycles. The topological polar surface area (TPSA) is 79.5 Å². The quantitative estimate of drug-likeness (QED) is 0.893. The molecule has 0 unspecified atom stereocenters. The van der Waals surface area contributed by atoms with E-state index in [-0.39, 0.29) is 17.9 Å². The summed E-state index contributed by atoms with van der Waals surface area (Å²) in [7, 11) is 0. The number of hydrogen-bond donors (Lipinski definition) is 2. The number of carbonyl (C=O) groups excluding carboxylic acids is 1. The van der Waals surface area contributed by atoms with Crippen molar-refractivity contribution in [3.63, 3.8) is 0 Å². The molecule has 0 spiro atoms. The summed E-state index contributed by atoms with van der Waals surface area (Å²) in [4.78, 5) is 22.9. The number of aryl methyl sites for hydroxylation is 1. The fraction of sp³-hybridized carbons (Fsp3) is 0.538. The molecule has 1 heterocycles. The van der Waals surface area contributed by atoms with Gasteiger partial charge in [-0.1, -0.05) is 0 Å². The molecule has 104 valence electrons. The zero-order valence-corrected chi connectivity index (χ0v) is 12.2. The molecule has 2 N–H and O–H groups in total. The van der Waals surface area contributed by atoms with Gasteiger partial charge in [0.05, 0.1) is 5.92 Å². The summed E-state index contributed by atoms with van der Waals surface area (Å²) in [6, 6.07) is 1.78. The van der Waals surface area contributed by atoms with Gasteiger partial charge in [0, 0.05) is 11.6 Å². The second kappa shape index (κ2) is 5.77. The van der Waals surface area contributed by atoms with Crippen LogP contribution in [0.1, 0.15) is 41.8 Å². The summed E-state index contributed by atoms with van der Waals surface area (Å²) >= 11 is 3.19. The van der Waals surface area contributed by atoms with Crippen molar-refractivity contribution in [1.29, 1.82) is 0 Å². The van der Waals surface area contributed by atoms with Gasteiger partial charge in [-0.05, 0) is 54.6 Å². The number of halogens is 1. The summed E-state index contributed by atoms with van der Waals surface area (Å²) in [6.45, 7) is 1.81. The van der Waals surface area contributed by atoms with Gasteiger partial charge >= 0.3 is 5.97 Å². The lowest BCUT2D eigenvalue weighted by atomic mass is 9.86. The SMILES string of the molecule is Cc1cc(Br)oc1C(=O)NC1CCC(C(=O)O)CC1. The van der Waals surface area contributed by atoms with E-state index in [2.05, 4.69) is 21.2 Å². The molecule has 2 rings (SSSR count). The predicted molar refractivity (Wildman–Crippen MR) is 72.0 cm³/mol. The molecule has 0 radical (unpaired) electrons. The molecule has 6 heteroatoms. The minimum atomic E-state index is -0.740. The van der Waals surface area contributed by atoms with Crippen LogP contribution in [0.2, 0.25) is 0 Å². The minimum Gasteiger partial charge on any atom is -0.481 e. The predicted octanol–water partition coefficient (Wildman–Crippen LogP) is 2.72. The number of carbonyl (C=O) groups is 2. The van der Waals surface area contributed by atoms with Gasteiger partial charge in [0.15, 0.2) is 10.4 Å². The van der Waals surface area contributed by atoms with Gasteiger partial charge in [-0.25, -0.2) is 0 Å². The maximum absolute atomic E-state index is 12.0. The van der Waals surface area contributed by atoms with E-state index in [0.717, 1.165) is 5.56 Å². The Hall–Kier alpha value is -1.30. The minimum absolute atomic E-state index is 0.0337. The zero-order valence-electron chi connectivity index (χ0n) is 10.6. The van der Waals surface area contributed by atoms with Crippen molar-refractivity contribution in [2.24, 2.45) is 5.92 Å². The Balaban J connectivity index is 1.91. The number of hydrogen-bond acceptors (Lipinski definition) is 3. The summed E-state index contributed by atoms with van der Waals surface area (Å²) in [5.41, 5.74) is 0.781. The number of carboxylic acid groups (broad SMARTS) is 1. The van der Waals surface area contributed by atoms with E-state index in [9.17, 15) is 9.59 Å². The van der Waals surface area contributed by atoms with Crippen LogP contribution in [0.4, 0.5) is 0 Å². The van der Waals surface area contributed by atoms with Crippen molar-refractivity contribution in [1.82, 2.24) is 5.32 Å². The van der Waals surface area contributed by atoms with Gasteiger partial charge in [-0.15, -0.1) is 0 Å². The first-order valence-corrected chi connectivity index (χ1v) is 7.06. The molecular formula is C13H16BrNO4. The number of furan rings is 1. The summed E-state index contributed by atoms with van der Waals surface area (Å²) in [5, 5.41) is 11.8. The lowest BCUT2D eigenvalue weighted by Crippen LogP contribution is -2.38. The van der Waals surface area contributed by atoms with Crippen LogP contribution in [-0.2, 0) is 4.79 Å². The smallest absolute Gasteiger partial charge is 0.306 e. The molecule has 5 nitrogen and oxygen atoms in total. The van der Waals surface area contributed by atoms with Crippen LogP contribution in [0.25, 0.3) is 0 Å². The monoisotopic (exact) mass is 329 g/mol. The van der Waals surface area contributed by atoms with Gasteiger partial charge in [-0.3, -0.25) is 9.59 Å². The van der Waals surface area contributed by atoms with E-state index in [4.69, 9.17) is 9.52 Å². The molecule has 1 fully saturated rings. The molecule has 1 saturated carbocycles. The Labute approximate surface area is 119 Å². The molecule has 1 aliphatic rings. The highest BCUT2D eigenvalue weighted by Gasteiger charge is 2.27. The molecule has 0 bridgehead atoms. The maximum Gasteiger partial charge on any atom is 0.306 e. The van der Waals surface area contributed by atoms with E-state index in [1.165, 1.54) is 0 Å². The number of amides is 1. The van der Waals surface area contributed by atoms with Crippen LogP contribution in [0, 0.1) is 12.8 Å². The van der Waals surface area contributed by atoms with Crippen molar-refractivity contribution < 1.29 is 19.1 Å². The van der Waals surface area contributed by atoms with Crippen LogP contribution in [0.3, 0.4) is 0 Å². The standard InChI is InChI=1S/C13H16BrNO4/c1-7-6-10(14)19-11(7)12(16)15-9-4-2-8(3-5-9)13(17)18/h6,8-9H,2-5H2,1H3,(H,15,16)(H,17,18). The van der Waals surface area contributed by atoms with Gasteiger partial charge < -0.3 is 14.8 Å². The van der Waals surface area contributed by atoms with Crippen molar-refractivity contribution in [2.45, 2.75) is 38.6 Å². The first kappa shape index (κ1) is 14.1. The zero-order chi connectivity index (χ0) is 14.0. The van der Waals surface area contributed by atoms with Crippen molar-refractivity contribution in [2.75, 3.05) is 0 Å². The van der Waals surface area contributed by atoms with E-state index in [0.29, 0.717) is 36.1 Å². The first-order chi connectivity index (χ1) is 8.97. The average Bonchev–Trinajstić information content (AvgIpc) is 2.69. The van der Waals surface area contributed by atoms with Gasteiger partial charge in [0.25, 0.3) is 5.91 Å². The Morgan fingerprint density at radius 2 is 2.00 bits per heavy atom. The molecule has 0 saturated heterocycles.